The zero-order chi connectivity index (χ0) is 12.8. The van der Waals surface area contributed by atoms with Gasteiger partial charge in [0.2, 0.25) is 0 Å². The van der Waals surface area contributed by atoms with E-state index in [4.69, 9.17) is 4.74 Å². The van der Waals surface area contributed by atoms with Crippen molar-refractivity contribution in [1.82, 2.24) is 5.32 Å². The molecule has 1 aliphatic carbocycles. The van der Waals surface area contributed by atoms with Gasteiger partial charge in [0.15, 0.2) is 0 Å². The zero-order valence-corrected chi connectivity index (χ0v) is 11.6. The van der Waals surface area contributed by atoms with Crippen LogP contribution in [0.5, 0.6) is 0 Å². The molecule has 2 heteroatoms. The molecule has 0 aromatic heterocycles. The molecule has 1 aliphatic rings. The maximum absolute atomic E-state index is 5.46. The quantitative estimate of drug-likeness (QED) is 0.863. The highest BCUT2D eigenvalue weighted by Gasteiger charge is 2.20. The molecule has 0 aliphatic heterocycles. The number of rotatable bonds is 5. The Morgan fingerprint density at radius 1 is 1.33 bits per heavy atom. The van der Waals surface area contributed by atoms with Gasteiger partial charge in [0.25, 0.3) is 0 Å². The van der Waals surface area contributed by atoms with E-state index in [1.807, 2.05) is 7.11 Å². The monoisotopic (exact) mass is 247 g/mol. The van der Waals surface area contributed by atoms with Gasteiger partial charge in [0.05, 0.1) is 6.10 Å². The van der Waals surface area contributed by atoms with Crippen molar-refractivity contribution in [3.8, 4) is 0 Å². The van der Waals surface area contributed by atoms with Crippen molar-refractivity contribution < 1.29 is 4.74 Å². The SMILES string of the molecule is COC1CCCC(NCCc2cccc(C)c2)C1. The fraction of sp³-hybridized carbons (Fsp3) is 0.625. The minimum absolute atomic E-state index is 0.468. The molecular formula is C16H25NO. The van der Waals surface area contributed by atoms with Gasteiger partial charge in [-0.3, -0.25) is 0 Å². The maximum atomic E-state index is 5.46. The van der Waals surface area contributed by atoms with E-state index in [2.05, 4.69) is 36.5 Å². The number of ether oxygens (including phenoxy) is 1. The molecule has 0 bridgehead atoms. The summed E-state index contributed by atoms with van der Waals surface area (Å²) >= 11 is 0. The lowest BCUT2D eigenvalue weighted by Gasteiger charge is -2.29. The van der Waals surface area contributed by atoms with Crippen LogP contribution in [0.15, 0.2) is 24.3 Å². The van der Waals surface area contributed by atoms with Crippen molar-refractivity contribution in [3.05, 3.63) is 35.4 Å². The summed E-state index contributed by atoms with van der Waals surface area (Å²) in [5, 5.41) is 3.67. The molecule has 1 saturated carbocycles. The molecule has 18 heavy (non-hydrogen) atoms. The van der Waals surface area contributed by atoms with E-state index >= 15 is 0 Å². The summed E-state index contributed by atoms with van der Waals surface area (Å²) in [6, 6.07) is 9.44. The van der Waals surface area contributed by atoms with Gasteiger partial charge < -0.3 is 10.1 Å². The Hall–Kier alpha value is -0.860. The van der Waals surface area contributed by atoms with Crippen LogP contribution in [0.2, 0.25) is 0 Å². The third kappa shape index (κ3) is 4.11. The predicted octanol–water partition coefficient (Wildman–Crippen LogP) is 3.08. The highest BCUT2D eigenvalue weighted by Crippen LogP contribution is 2.20. The molecule has 1 aromatic rings. The second-order valence-corrected chi connectivity index (χ2v) is 5.41. The number of methoxy groups -OCH3 is 1. The van der Waals surface area contributed by atoms with Crippen LogP contribution in [0.1, 0.15) is 36.8 Å². The molecule has 0 saturated heterocycles. The van der Waals surface area contributed by atoms with Crippen LogP contribution in [0.3, 0.4) is 0 Å². The van der Waals surface area contributed by atoms with Gasteiger partial charge in [-0.15, -0.1) is 0 Å². The first-order chi connectivity index (χ1) is 8.78. The lowest BCUT2D eigenvalue weighted by Crippen LogP contribution is -2.37. The predicted molar refractivity (Wildman–Crippen MR) is 75.9 cm³/mol. The van der Waals surface area contributed by atoms with Crippen LogP contribution >= 0.6 is 0 Å². The third-order valence-corrected chi connectivity index (χ3v) is 3.89. The first-order valence-corrected chi connectivity index (χ1v) is 7.09. The third-order valence-electron chi connectivity index (χ3n) is 3.89. The Labute approximate surface area is 111 Å². The average molecular weight is 247 g/mol. The fourth-order valence-corrected chi connectivity index (χ4v) is 2.83. The normalized spacial score (nSPS) is 24.1. The van der Waals surface area contributed by atoms with Crippen LogP contribution in [0.4, 0.5) is 0 Å². The number of hydrogen-bond acceptors (Lipinski definition) is 2. The summed E-state index contributed by atoms with van der Waals surface area (Å²) in [5.41, 5.74) is 2.78. The van der Waals surface area contributed by atoms with E-state index in [1.165, 1.54) is 36.8 Å². The molecule has 1 aromatic carbocycles. The Balaban J connectivity index is 1.72. The molecule has 100 valence electrons. The minimum Gasteiger partial charge on any atom is -0.381 e. The van der Waals surface area contributed by atoms with Crippen molar-refractivity contribution in [3.63, 3.8) is 0 Å². The van der Waals surface area contributed by atoms with Crippen molar-refractivity contribution in [1.29, 1.82) is 0 Å². The van der Waals surface area contributed by atoms with Gasteiger partial charge in [0, 0.05) is 13.2 Å². The summed E-state index contributed by atoms with van der Waals surface area (Å²) < 4.78 is 5.46. The maximum Gasteiger partial charge on any atom is 0.0586 e. The van der Waals surface area contributed by atoms with E-state index in [1.54, 1.807) is 0 Å². The van der Waals surface area contributed by atoms with Gasteiger partial charge in [-0.1, -0.05) is 29.8 Å². The number of aryl methyl sites for hydroxylation is 1. The second-order valence-electron chi connectivity index (χ2n) is 5.41. The first kappa shape index (κ1) is 13.6. The first-order valence-electron chi connectivity index (χ1n) is 7.09. The van der Waals surface area contributed by atoms with Crippen LogP contribution in [-0.4, -0.2) is 25.8 Å². The lowest BCUT2D eigenvalue weighted by molar-refractivity contribution is 0.0590. The van der Waals surface area contributed by atoms with E-state index in [9.17, 15) is 0 Å². The molecule has 1 N–H and O–H groups in total. The Morgan fingerprint density at radius 2 is 2.22 bits per heavy atom. The number of nitrogens with one attached hydrogen (secondary N) is 1. The van der Waals surface area contributed by atoms with E-state index < -0.39 is 0 Å². The van der Waals surface area contributed by atoms with Crippen LogP contribution < -0.4 is 5.32 Å². The average Bonchev–Trinajstić information content (AvgIpc) is 2.39. The van der Waals surface area contributed by atoms with Gasteiger partial charge >= 0.3 is 0 Å². The molecule has 2 nitrogen and oxygen atoms in total. The highest BCUT2D eigenvalue weighted by atomic mass is 16.5. The van der Waals surface area contributed by atoms with Gasteiger partial charge in [-0.2, -0.15) is 0 Å². The van der Waals surface area contributed by atoms with Crippen LogP contribution in [0, 0.1) is 6.92 Å². The van der Waals surface area contributed by atoms with Crippen molar-refractivity contribution in [2.45, 2.75) is 51.2 Å². The Bertz CT molecular complexity index is 364. The molecule has 0 amide bonds. The van der Waals surface area contributed by atoms with Crippen molar-refractivity contribution in [2.75, 3.05) is 13.7 Å². The number of benzene rings is 1. The topological polar surface area (TPSA) is 21.3 Å². The molecule has 1 fully saturated rings. The van der Waals surface area contributed by atoms with Crippen molar-refractivity contribution in [2.24, 2.45) is 0 Å². The smallest absolute Gasteiger partial charge is 0.0586 e. The summed E-state index contributed by atoms with van der Waals surface area (Å²) in [7, 11) is 1.83. The minimum atomic E-state index is 0.468. The van der Waals surface area contributed by atoms with E-state index in [-0.39, 0.29) is 0 Å². The molecule has 2 unspecified atom stereocenters. The largest absolute Gasteiger partial charge is 0.381 e. The second kappa shape index (κ2) is 6.91. The van der Waals surface area contributed by atoms with Crippen LogP contribution in [0.25, 0.3) is 0 Å². The molecule has 2 atom stereocenters. The van der Waals surface area contributed by atoms with Crippen molar-refractivity contribution >= 4 is 0 Å². The van der Waals surface area contributed by atoms with Gasteiger partial charge in [-0.05, 0) is 51.1 Å². The summed E-state index contributed by atoms with van der Waals surface area (Å²) in [4.78, 5) is 0. The molecule has 0 heterocycles. The van der Waals surface area contributed by atoms with E-state index in [0.717, 1.165) is 13.0 Å². The zero-order valence-electron chi connectivity index (χ0n) is 11.6. The Kier molecular flexibility index (Phi) is 5.21. The number of hydrogen-bond donors (Lipinski definition) is 1. The lowest BCUT2D eigenvalue weighted by atomic mass is 9.92. The molecule has 0 radical (unpaired) electrons. The molecule has 2 rings (SSSR count). The highest BCUT2D eigenvalue weighted by molar-refractivity contribution is 5.22. The summed E-state index contributed by atoms with van der Waals surface area (Å²) in [5.74, 6) is 0. The van der Waals surface area contributed by atoms with Gasteiger partial charge in [-0.25, -0.2) is 0 Å². The molecule has 0 spiro atoms. The van der Waals surface area contributed by atoms with Crippen LogP contribution in [-0.2, 0) is 11.2 Å². The Morgan fingerprint density at radius 3 is 3.00 bits per heavy atom. The van der Waals surface area contributed by atoms with Gasteiger partial charge in [0.1, 0.15) is 0 Å². The summed E-state index contributed by atoms with van der Waals surface area (Å²) in [6.07, 6.45) is 6.58. The standard InChI is InChI=1S/C16H25NO/c1-13-5-3-6-14(11-13)9-10-17-15-7-4-8-16(12-15)18-2/h3,5-6,11,15-17H,4,7-10,12H2,1-2H3. The summed E-state index contributed by atoms with van der Waals surface area (Å²) in [6.45, 7) is 3.23. The fourth-order valence-electron chi connectivity index (χ4n) is 2.83. The molecular weight excluding hydrogens is 222 g/mol. The van der Waals surface area contributed by atoms with E-state index in [0.29, 0.717) is 12.1 Å².